The third-order valence-electron chi connectivity index (χ3n) is 3.16. The van der Waals surface area contributed by atoms with Crippen LogP contribution in [0.5, 0.6) is 0 Å². The minimum absolute atomic E-state index is 0.0220. The molecule has 4 nitrogen and oxygen atoms in total. The summed E-state index contributed by atoms with van der Waals surface area (Å²) in [6, 6.07) is 3.85. The molecule has 1 aromatic rings. The van der Waals surface area contributed by atoms with Crippen LogP contribution in [-0.4, -0.2) is 29.3 Å². The van der Waals surface area contributed by atoms with Crippen LogP contribution in [0.3, 0.4) is 0 Å². The van der Waals surface area contributed by atoms with Crippen molar-refractivity contribution in [3.63, 3.8) is 0 Å². The van der Waals surface area contributed by atoms with Crippen LogP contribution < -0.4 is 5.32 Å². The largest absolute Gasteiger partial charge is 0.345 e. The molecule has 1 aliphatic heterocycles. The standard InChI is InChI=1S/C13H14BrFN2O2/c1-2-11-13(19)16-6-12(18)17(11)7-8-3-4-9(15)5-10(8)14/h3-5,11H,2,6-7H2,1H3,(H,16,19). The molecular formula is C13H14BrFN2O2. The molecule has 0 aromatic heterocycles. The number of halogens is 2. The zero-order valence-electron chi connectivity index (χ0n) is 10.5. The molecule has 1 N–H and O–H groups in total. The van der Waals surface area contributed by atoms with Crippen molar-refractivity contribution >= 4 is 27.7 Å². The summed E-state index contributed by atoms with van der Waals surface area (Å²) in [6.07, 6.45) is 0.552. The number of benzene rings is 1. The molecule has 0 aliphatic carbocycles. The van der Waals surface area contributed by atoms with E-state index in [-0.39, 0.29) is 24.2 Å². The lowest BCUT2D eigenvalue weighted by molar-refractivity contribution is -0.146. The third-order valence-corrected chi connectivity index (χ3v) is 3.89. The Morgan fingerprint density at radius 2 is 2.21 bits per heavy atom. The number of nitrogens with zero attached hydrogens (tertiary/aromatic N) is 1. The number of hydrogen-bond donors (Lipinski definition) is 1. The smallest absolute Gasteiger partial charge is 0.243 e. The summed E-state index contributed by atoms with van der Waals surface area (Å²) >= 11 is 3.27. The third kappa shape index (κ3) is 2.94. The molecule has 1 heterocycles. The maximum atomic E-state index is 13.0. The molecule has 2 rings (SSSR count). The molecule has 0 radical (unpaired) electrons. The van der Waals surface area contributed by atoms with Gasteiger partial charge in [0.1, 0.15) is 11.9 Å². The van der Waals surface area contributed by atoms with Gasteiger partial charge in [-0.05, 0) is 24.1 Å². The lowest BCUT2D eigenvalue weighted by Gasteiger charge is -2.34. The van der Waals surface area contributed by atoms with Gasteiger partial charge in [0.25, 0.3) is 0 Å². The molecule has 19 heavy (non-hydrogen) atoms. The second-order valence-electron chi connectivity index (χ2n) is 4.40. The number of hydrogen-bond acceptors (Lipinski definition) is 2. The molecule has 1 unspecified atom stereocenters. The molecule has 6 heteroatoms. The van der Waals surface area contributed by atoms with Gasteiger partial charge >= 0.3 is 0 Å². The highest BCUT2D eigenvalue weighted by molar-refractivity contribution is 9.10. The number of piperazine rings is 1. The molecule has 1 atom stereocenters. The van der Waals surface area contributed by atoms with Crippen molar-refractivity contribution in [3.05, 3.63) is 34.1 Å². The number of rotatable bonds is 3. The van der Waals surface area contributed by atoms with Gasteiger partial charge in [-0.3, -0.25) is 9.59 Å². The molecule has 0 bridgehead atoms. The van der Waals surface area contributed by atoms with Crippen LogP contribution in [0.25, 0.3) is 0 Å². The van der Waals surface area contributed by atoms with Crippen molar-refractivity contribution in [1.29, 1.82) is 0 Å². The van der Waals surface area contributed by atoms with Crippen molar-refractivity contribution < 1.29 is 14.0 Å². The Kier molecular flexibility index (Phi) is 4.19. The van der Waals surface area contributed by atoms with Crippen LogP contribution in [0.2, 0.25) is 0 Å². The molecule has 0 saturated carbocycles. The minimum atomic E-state index is -0.460. The molecule has 102 valence electrons. The highest BCUT2D eigenvalue weighted by Gasteiger charge is 2.33. The van der Waals surface area contributed by atoms with E-state index >= 15 is 0 Å². The van der Waals surface area contributed by atoms with Gasteiger partial charge in [-0.1, -0.05) is 28.9 Å². The number of carbonyl (C=O) groups excluding carboxylic acids is 2. The lowest BCUT2D eigenvalue weighted by Crippen LogP contribution is -2.57. The Morgan fingerprint density at radius 1 is 1.47 bits per heavy atom. The maximum absolute atomic E-state index is 13.0. The highest BCUT2D eigenvalue weighted by atomic mass is 79.9. The van der Waals surface area contributed by atoms with Crippen LogP contribution in [0.1, 0.15) is 18.9 Å². The average Bonchev–Trinajstić information content (AvgIpc) is 2.37. The average molecular weight is 329 g/mol. The summed E-state index contributed by atoms with van der Waals surface area (Å²) in [5.41, 5.74) is 0.780. The molecule has 1 fully saturated rings. The Hall–Kier alpha value is -1.43. The van der Waals surface area contributed by atoms with Crippen LogP contribution in [0.4, 0.5) is 4.39 Å². The molecule has 0 spiro atoms. The summed E-state index contributed by atoms with van der Waals surface area (Å²) in [4.78, 5) is 25.2. The fourth-order valence-corrected chi connectivity index (χ4v) is 2.61. The van der Waals surface area contributed by atoms with Crippen molar-refractivity contribution in [2.75, 3.05) is 6.54 Å². The van der Waals surface area contributed by atoms with Gasteiger partial charge < -0.3 is 10.2 Å². The summed E-state index contributed by atoms with van der Waals surface area (Å²) in [6.45, 7) is 2.18. The van der Waals surface area contributed by atoms with Gasteiger partial charge in [0.05, 0.1) is 6.54 Å². The second kappa shape index (κ2) is 5.69. The van der Waals surface area contributed by atoms with Crippen molar-refractivity contribution in [1.82, 2.24) is 10.2 Å². The summed E-state index contributed by atoms with van der Waals surface area (Å²) in [7, 11) is 0. The SMILES string of the molecule is CCC1C(=O)NCC(=O)N1Cc1ccc(F)cc1Br. The maximum Gasteiger partial charge on any atom is 0.243 e. The number of carbonyl (C=O) groups is 2. The Balaban J connectivity index is 2.23. The summed E-state index contributed by atoms with van der Waals surface area (Å²) < 4.78 is 13.6. The predicted octanol–water partition coefficient (Wildman–Crippen LogP) is 1.83. The monoisotopic (exact) mass is 328 g/mol. The Labute approximate surface area is 119 Å². The minimum Gasteiger partial charge on any atom is -0.345 e. The van der Waals surface area contributed by atoms with E-state index in [0.717, 1.165) is 5.56 Å². The van der Waals surface area contributed by atoms with E-state index < -0.39 is 6.04 Å². The van der Waals surface area contributed by atoms with Gasteiger partial charge in [-0.25, -0.2) is 4.39 Å². The molecular weight excluding hydrogens is 315 g/mol. The van der Waals surface area contributed by atoms with E-state index in [2.05, 4.69) is 21.2 Å². The summed E-state index contributed by atoms with van der Waals surface area (Å²) in [5.74, 6) is -0.603. The van der Waals surface area contributed by atoms with Crippen LogP contribution in [0.15, 0.2) is 22.7 Å². The van der Waals surface area contributed by atoms with E-state index in [4.69, 9.17) is 0 Å². The fraction of sp³-hybridized carbons (Fsp3) is 0.385. The van der Waals surface area contributed by atoms with E-state index in [1.165, 1.54) is 17.0 Å². The van der Waals surface area contributed by atoms with Gasteiger partial charge in [0, 0.05) is 11.0 Å². The van der Waals surface area contributed by atoms with Gasteiger partial charge in [-0.2, -0.15) is 0 Å². The molecule has 1 saturated heterocycles. The Morgan fingerprint density at radius 3 is 2.84 bits per heavy atom. The molecule has 2 amide bonds. The Bertz CT molecular complexity index is 521. The summed E-state index contributed by atoms with van der Waals surface area (Å²) in [5, 5.41) is 2.57. The first kappa shape index (κ1) is 14.0. The normalized spacial score (nSPS) is 19.5. The van der Waals surface area contributed by atoms with Gasteiger partial charge in [0.2, 0.25) is 11.8 Å². The number of amides is 2. The zero-order valence-corrected chi connectivity index (χ0v) is 12.0. The topological polar surface area (TPSA) is 49.4 Å². The first-order valence-electron chi connectivity index (χ1n) is 6.04. The quantitative estimate of drug-likeness (QED) is 0.920. The van der Waals surface area contributed by atoms with E-state index in [0.29, 0.717) is 17.4 Å². The first-order valence-corrected chi connectivity index (χ1v) is 6.83. The van der Waals surface area contributed by atoms with E-state index in [9.17, 15) is 14.0 Å². The lowest BCUT2D eigenvalue weighted by atomic mass is 10.1. The van der Waals surface area contributed by atoms with Crippen LogP contribution in [0, 0.1) is 5.82 Å². The highest BCUT2D eigenvalue weighted by Crippen LogP contribution is 2.22. The van der Waals surface area contributed by atoms with E-state index in [1.807, 2.05) is 6.92 Å². The van der Waals surface area contributed by atoms with Crippen molar-refractivity contribution in [2.24, 2.45) is 0 Å². The second-order valence-corrected chi connectivity index (χ2v) is 5.25. The number of nitrogens with one attached hydrogen (secondary N) is 1. The first-order chi connectivity index (χ1) is 9.02. The fourth-order valence-electron chi connectivity index (χ4n) is 2.14. The zero-order chi connectivity index (χ0) is 14.0. The molecule has 1 aromatic carbocycles. The van der Waals surface area contributed by atoms with Crippen molar-refractivity contribution in [3.8, 4) is 0 Å². The van der Waals surface area contributed by atoms with Crippen LogP contribution >= 0.6 is 15.9 Å². The van der Waals surface area contributed by atoms with Gasteiger partial charge in [-0.15, -0.1) is 0 Å². The van der Waals surface area contributed by atoms with E-state index in [1.54, 1.807) is 6.07 Å². The van der Waals surface area contributed by atoms with Gasteiger partial charge in [0.15, 0.2) is 0 Å². The van der Waals surface area contributed by atoms with Crippen molar-refractivity contribution in [2.45, 2.75) is 25.9 Å². The van der Waals surface area contributed by atoms with Crippen LogP contribution in [-0.2, 0) is 16.1 Å². The molecule has 1 aliphatic rings. The predicted molar refractivity (Wildman–Crippen MR) is 71.7 cm³/mol.